The summed E-state index contributed by atoms with van der Waals surface area (Å²) in [6, 6.07) is -0.266. The molecule has 2 rings (SSSR count). The zero-order valence-corrected chi connectivity index (χ0v) is 9.35. The van der Waals surface area contributed by atoms with Crippen LogP contribution in [0.4, 0.5) is 0 Å². The lowest BCUT2D eigenvalue weighted by molar-refractivity contribution is -0.123. The predicted molar refractivity (Wildman–Crippen MR) is 60.0 cm³/mol. The largest absolute Gasteiger partial charge is 0.409 e. The molecule has 0 aliphatic heterocycles. The molecule has 2 aliphatic rings. The van der Waals surface area contributed by atoms with E-state index in [-0.39, 0.29) is 17.8 Å². The van der Waals surface area contributed by atoms with E-state index in [2.05, 4.69) is 10.5 Å². The van der Waals surface area contributed by atoms with E-state index < -0.39 is 0 Å². The molecular formula is C11H19N3O2. The van der Waals surface area contributed by atoms with Crippen molar-refractivity contribution in [3.8, 4) is 0 Å². The van der Waals surface area contributed by atoms with Crippen molar-refractivity contribution in [2.45, 2.75) is 44.6 Å². The van der Waals surface area contributed by atoms with E-state index in [1.807, 2.05) is 0 Å². The predicted octanol–water partition coefficient (Wildman–Crippen LogP) is 0.818. The number of carbonyl (C=O) groups excluding carboxylic acids is 1. The van der Waals surface area contributed by atoms with E-state index in [9.17, 15) is 4.79 Å². The van der Waals surface area contributed by atoms with Gasteiger partial charge >= 0.3 is 0 Å². The second kappa shape index (κ2) is 4.72. The van der Waals surface area contributed by atoms with Gasteiger partial charge in [-0.1, -0.05) is 11.6 Å². The third kappa shape index (κ3) is 2.65. The van der Waals surface area contributed by atoms with Crippen LogP contribution >= 0.6 is 0 Å². The maximum atomic E-state index is 11.7. The molecule has 0 bridgehead atoms. The minimum Gasteiger partial charge on any atom is -0.409 e. The van der Waals surface area contributed by atoms with Crippen molar-refractivity contribution in [2.75, 3.05) is 0 Å². The van der Waals surface area contributed by atoms with Crippen LogP contribution in [0.25, 0.3) is 0 Å². The summed E-state index contributed by atoms with van der Waals surface area (Å²) in [6.45, 7) is 0. The second-order valence-electron chi connectivity index (χ2n) is 4.91. The minimum atomic E-state index is -0.266. The fraction of sp³-hybridized carbons (Fsp3) is 0.818. The summed E-state index contributed by atoms with van der Waals surface area (Å²) < 4.78 is 0. The number of amides is 1. The number of nitrogens with two attached hydrogens (primary N) is 1. The number of hydrogen-bond acceptors (Lipinski definition) is 3. The van der Waals surface area contributed by atoms with Gasteiger partial charge in [-0.2, -0.15) is 0 Å². The highest BCUT2D eigenvalue weighted by atomic mass is 16.4. The maximum absolute atomic E-state index is 11.7. The van der Waals surface area contributed by atoms with Crippen LogP contribution in [0.5, 0.6) is 0 Å². The molecule has 5 heteroatoms. The molecule has 1 unspecified atom stereocenters. The SMILES string of the molecule is NC(=NO)C(NC(=O)CC1CCC1)C1CC1. The van der Waals surface area contributed by atoms with Crippen LogP contribution < -0.4 is 11.1 Å². The summed E-state index contributed by atoms with van der Waals surface area (Å²) in [5.74, 6) is 1.08. The number of carbonyl (C=O) groups is 1. The van der Waals surface area contributed by atoms with Crippen LogP contribution in [0.3, 0.4) is 0 Å². The van der Waals surface area contributed by atoms with Crippen LogP contribution in [-0.4, -0.2) is 23.0 Å². The summed E-state index contributed by atoms with van der Waals surface area (Å²) in [7, 11) is 0. The first-order valence-electron chi connectivity index (χ1n) is 5.97. The third-order valence-electron chi connectivity index (χ3n) is 3.54. The van der Waals surface area contributed by atoms with Crippen LogP contribution in [0, 0.1) is 11.8 Å². The van der Waals surface area contributed by atoms with E-state index in [1.54, 1.807) is 0 Å². The molecule has 5 nitrogen and oxygen atoms in total. The molecule has 0 aromatic heterocycles. The molecule has 2 fully saturated rings. The molecule has 2 saturated carbocycles. The van der Waals surface area contributed by atoms with Gasteiger partial charge in [-0.15, -0.1) is 0 Å². The maximum Gasteiger partial charge on any atom is 0.220 e. The summed E-state index contributed by atoms with van der Waals surface area (Å²) in [6.07, 6.45) is 6.23. The molecule has 0 heterocycles. The quantitative estimate of drug-likeness (QED) is 0.280. The lowest BCUT2D eigenvalue weighted by Crippen LogP contribution is -2.46. The van der Waals surface area contributed by atoms with Crippen molar-refractivity contribution >= 4 is 11.7 Å². The molecule has 0 saturated heterocycles. The molecule has 1 amide bonds. The summed E-state index contributed by atoms with van der Waals surface area (Å²) in [4.78, 5) is 11.7. The van der Waals surface area contributed by atoms with E-state index >= 15 is 0 Å². The zero-order valence-electron chi connectivity index (χ0n) is 9.35. The van der Waals surface area contributed by atoms with Gasteiger partial charge in [-0.25, -0.2) is 0 Å². The van der Waals surface area contributed by atoms with Crippen molar-refractivity contribution < 1.29 is 10.0 Å². The average molecular weight is 225 g/mol. The Kier molecular flexibility index (Phi) is 3.31. The Hall–Kier alpha value is -1.26. The van der Waals surface area contributed by atoms with Crippen molar-refractivity contribution in [3.05, 3.63) is 0 Å². The van der Waals surface area contributed by atoms with Gasteiger partial charge in [-0.05, 0) is 37.5 Å². The Balaban J connectivity index is 1.82. The number of rotatable bonds is 5. The summed E-state index contributed by atoms with van der Waals surface area (Å²) >= 11 is 0. The molecule has 2 aliphatic carbocycles. The lowest BCUT2D eigenvalue weighted by atomic mass is 9.83. The Labute approximate surface area is 95.1 Å². The third-order valence-corrected chi connectivity index (χ3v) is 3.54. The Morgan fingerprint density at radius 2 is 2.12 bits per heavy atom. The van der Waals surface area contributed by atoms with Gasteiger partial charge in [-0.3, -0.25) is 4.79 Å². The number of hydrogen-bond donors (Lipinski definition) is 3. The highest BCUT2D eigenvalue weighted by Crippen LogP contribution is 2.33. The first-order valence-corrected chi connectivity index (χ1v) is 5.97. The highest BCUT2D eigenvalue weighted by Gasteiger charge is 2.35. The number of oxime groups is 1. The average Bonchev–Trinajstić information content (AvgIpc) is 3.02. The summed E-state index contributed by atoms with van der Waals surface area (Å²) in [5, 5.41) is 14.5. The van der Waals surface area contributed by atoms with Crippen LogP contribution in [-0.2, 0) is 4.79 Å². The first kappa shape index (κ1) is 11.2. The fourth-order valence-electron chi connectivity index (χ4n) is 2.12. The van der Waals surface area contributed by atoms with Gasteiger partial charge in [0, 0.05) is 6.42 Å². The molecule has 1 atom stereocenters. The van der Waals surface area contributed by atoms with Gasteiger partial charge < -0.3 is 16.3 Å². The van der Waals surface area contributed by atoms with E-state index in [4.69, 9.17) is 10.9 Å². The standard InChI is InChI=1S/C11H19N3O2/c12-11(14-16)10(8-4-5-8)13-9(15)6-7-2-1-3-7/h7-8,10,16H,1-6H2,(H2,12,14)(H,13,15). The lowest BCUT2D eigenvalue weighted by Gasteiger charge is -2.25. The van der Waals surface area contributed by atoms with Crippen LogP contribution in [0.2, 0.25) is 0 Å². The van der Waals surface area contributed by atoms with Crippen molar-refractivity contribution in [1.29, 1.82) is 0 Å². The molecule has 0 radical (unpaired) electrons. The topological polar surface area (TPSA) is 87.7 Å². The van der Waals surface area contributed by atoms with Gasteiger partial charge in [0.2, 0.25) is 5.91 Å². The van der Waals surface area contributed by atoms with E-state index in [0.29, 0.717) is 18.3 Å². The monoisotopic (exact) mass is 225 g/mol. The van der Waals surface area contributed by atoms with Crippen molar-refractivity contribution in [1.82, 2.24) is 5.32 Å². The Bertz CT molecular complexity index is 296. The van der Waals surface area contributed by atoms with Gasteiger partial charge in [0.15, 0.2) is 5.84 Å². The second-order valence-corrected chi connectivity index (χ2v) is 4.91. The number of nitrogens with one attached hydrogen (secondary N) is 1. The fourth-order valence-corrected chi connectivity index (χ4v) is 2.12. The normalized spacial score (nSPS) is 23.6. The van der Waals surface area contributed by atoms with Crippen LogP contribution in [0.15, 0.2) is 5.16 Å². The van der Waals surface area contributed by atoms with Gasteiger partial charge in [0.1, 0.15) is 0 Å². The van der Waals surface area contributed by atoms with Crippen LogP contribution in [0.1, 0.15) is 38.5 Å². The van der Waals surface area contributed by atoms with E-state index in [0.717, 1.165) is 25.7 Å². The van der Waals surface area contributed by atoms with Gasteiger partial charge in [0.25, 0.3) is 0 Å². The molecule has 4 N–H and O–H groups in total. The Morgan fingerprint density at radius 3 is 2.56 bits per heavy atom. The molecule has 0 aromatic carbocycles. The minimum absolute atomic E-state index is 0.0354. The molecule has 0 aromatic rings. The molecule has 90 valence electrons. The van der Waals surface area contributed by atoms with Gasteiger partial charge in [0.05, 0.1) is 6.04 Å². The molecule has 16 heavy (non-hydrogen) atoms. The highest BCUT2D eigenvalue weighted by molar-refractivity contribution is 5.90. The molecule has 0 spiro atoms. The van der Waals surface area contributed by atoms with E-state index in [1.165, 1.54) is 6.42 Å². The van der Waals surface area contributed by atoms with Crippen molar-refractivity contribution in [3.63, 3.8) is 0 Å². The molecular weight excluding hydrogens is 206 g/mol. The number of amidine groups is 1. The first-order chi connectivity index (χ1) is 7.70. The Morgan fingerprint density at radius 1 is 1.44 bits per heavy atom. The van der Waals surface area contributed by atoms with Crippen molar-refractivity contribution in [2.24, 2.45) is 22.7 Å². The zero-order chi connectivity index (χ0) is 11.5. The number of nitrogens with zero attached hydrogens (tertiary/aromatic N) is 1. The summed E-state index contributed by atoms with van der Waals surface area (Å²) in [5.41, 5.74) is 5.57. The smallest absolute Gasteiger partial charge is 0.220 e.